The molecule has 0 spiro atoms. The van der Waals surface area contributed by atoms with Crippen molar-refractivity contribution in [3.05, 3.63) is 95.1 Å². The standard InChI is InChI=1S/C30H34N2O6S/c1-19(36-20(2)34)29(35)32-16-21-7-13-24(14-8-21)30-37-25(18-39-28-6-4-3-5-26(28)31)15-27(38-30)23-11-9-22(17-33)10-12-23/h3-14,19,25,27,30,33H,15-18,31H2,1-2H3,(H,32,35). The SMILES string of the molecule is CC(=O)OC(C)C(=O)NCc1ccc(C2OC(CSc3ccccc3N)CC(c3ccc(CO)cc3)O2)cc1. The molecule has 4 unspecified atom stereocenters. The third-order valence-corrected chi connectivity index (χ3v) is 7.61. The number of anilines is 1. The fourth-order valence-electron chi connectivity index (χ4n) is 4.25. The lowest BCUT2D eigenvalue weighted by Gasteiger charge is -2.36. The van der Waals surface area contributed by atoms with Crippen molar-refractivity contribution in [1.29, 1.82) is 0 Å². The van der Waals surface area contributed by atoms with Crippen LogP contribution < -0.4 is 11.1 Å². The molecule has 206 valence electrons. The van der Waals surface area contributed by atoms with Crippen molar-refractivity contribution in [2.45, 2.75) is 62.9 Å². The number of thioether (sulfide) groups is 1. The maximum absolute atomic E-state index is 12.1. The maximum Gasteiger partial charge on any atom is 0.303 e. The lowest BCUT2D eigenvalue weighted by molar-refractivity contribution is -0.245. The van der Waals surface area contributed by atoms with E-state index in [4.69, 9.17) is 19.9 Å². The molecule has 0 aromatic heterocycles. The quantitative estimate of drug-likeness (QED) is 0.189. The summed E-state index contributed by atoms with van der Waals surface area (Å²) >= 11 is 1.66. The van der Waals surface area contributed by atoms with Crippen molar-refractivity contribution in [3.8, 4) is 0 Å². The monoisotopic (exact) mass is 550 g/mol. The number of aliphatic hydroxyl groups is 1. The number of rotatable bonds is 10. The Labute approximate surface area is 232 Å². The Morgan fingerprint density at radius 1 is 1.03 bits per heavy atom. The van der Waals surface area contributed by atoms with Crippen LogP contribution in [0.5, 0.6) is 0 Å². The second-order valence-corrected chi connectivity index (χ2v) is 10.5. The van der Waals surface area contributed by atoms with Crippen LogP contribution >= 0.6 is 11.8 Å². The Morgan fingerprint density at radius 3 is 2.36 bits per heavy atom. The molecule has 9 heteroatoms. The second-order valence-electron chi connectivity index (χ2n) is 9.41. The van der Waals surface area contributed by atoms with Crippen LogP contribution in [0.4, 0.5) is 5.69 Å². The molecule has 1 aliphatic heterocycles. The van der Waals surface area contributed by atoms with Gasteiger partial charge in [0.1, 0.15) is 0 Å². The first-order valence-electron chi connectivity index (χ1n) is 12.8. The first-order chi connectivity index (χ1) is 18.8. The minimum Gasteiger partial charge on any atom is -0.453 e. The average Bonchev–Trinajstić information content (AvgIpc) is 2.95. The van der Waals surface area contributed by atoms with E-state index in [1.165, 1.54) is 13.8 Å². The zero-order valence-corrected chi connectivity index (χ0v) is 22.9. The molecule has 0 saturated carbocycles. The molecular formula is C30H34N2O6S. The number of ether oxygens (including phenoxy) is 3. The Hall–Kier alpha value is -3.37. The van der Waals surface area contributed by atoms with Gasteiger partial charge in [-0.2, -0.15) is 0 Å². The van der Waals surface area contributed by atoms with Crippen LogP contribution in [0.25, 0.3) is 0 Å². The highest BCUT2D eigenvalue weighted by Gasteiger charge is 2.32. The first kappa shape index (κ1) is 28.6. The van der Waals surface area contributed by atoms with Gasteiger partial charge in [-0.05, 0) is 35.7 Å². The van der Waals surface area contributed by atoms with Crippen LogP contribution in [0, 0.1) is 0 Å². The number of carbonyl (C=O) groups is 2. The molecule has 39 heavy (non-hydrogen) atoms. The molecule has 1 amide bonds. The van der Waals surface area contributed by atoms with E-state index < -0.39 is 18.4 Å². The maximum atomic E-state index is 12.1. The zero-order valence-electron chi connectivity index (χ0n) is 22.0. The molecule has 0 aliphatic carbocycles. The summed E-state index contributed by atoms with van der Waals surface area (Å²) in [5, 5.41) is 12.2. The minimum atomic E-state index is -0.852. The van der Waals surface area contributed by atoms with E-state index in [1.807, 2.05) is 72.8 Å². The van der Waals surface area contributed by atoms with E-state index in [0.717, 1.165) is 32.8 Å². The van der Waals surface area contributed by atoms with Gasteiger partial charge in [0.2, 0.25) is 0 Å². The predicted octanol–water partition coefficient (Wildman–Crippen LogP) is 4.67. The Morgan fingerprint density at radius 2 is 1.69 bits per heavy atom. The molecule has 1 heterocycles. The smallest absolute Gasteiger partial charge is 0.303 e. The van der Waals surface area contributed by atoms with Crippen LogP contribution in [-0.4, -0.2) is 34.9 Å². The summed E-state index contributed by atoms with van der Waals surface area (Å²) in [6.07, 6.45) is -1.02. The molecule has 3 aromatic carbocycles. The fourth-order valence-corrected chi connectivity index (χ4v) is 5.24. The summed E-state index contributed by atoms with van der Waals surface area (Å²) in [4.78, 5) is 24.2. The number of nitrogen functional groups attached to an aromatic ring is 1. The third-order valence-electron chi connectivity index (χ3n) is 6.39. The van der Waals surface area contributed by atoms with Crippen LogP contribution in [0.3, 0.4) is 0 Å². The number of nitrogens with two attached hydrogens (primary N) is 1. The van der Waals surface area contributed by atoms with Gasteiger partial charge in [0.25, 0.3) is 5.91 Å². The number of aliphatic hydroxyl groups excluding tert-OH is 1. The van der Waals surface area contributed by atoms with Gasteiger partial charge < -0.3 is 30.4 Å². The Kier molecular flexibility index (Phi) is 10.00. The lowest BCUT2D eigenvalue weighted by Crippen LogP contribution is -2.35. The van der Waals surface area contributed by atoms with Crippen molar-refractivity contribution < 1.29 is 28.9 Å². The summed E-state index contributed by atoms with van der Waals surface area (Å²) in [5.74, 6) is -0.145. The number of amides is 1. The van der Waals surface area contributed by atoms with E-state index >= 15 is 0 Å². The molecule has 4 N–H and O–H groups in total. The van der Waals surface area contributed by atoms with E-state index in [1.54, 1.807) is 11.8 Å². The molecule has 3 aromatic rings. The predicted molar refractivity (Wildman–Crippen MR) is 150 cm³/mol. The summed E-state index contributed by atoms with van der Waals surface area (Å²) in [6, 6.07) is 23.2. The van der Waals surface area contributed by atoms with Crippen LogP contribution in [0.15, 0.2) is 77.7 Å². The highest BCUT2D eigenvalue weighted by Crippen LogP contribution is 2.40. The molecule has 1 fully saturated rings. The summed E-state index contributed by atoms with van der Waals surface area (Å²) in [5.41, 5.74) is 10.5. The van der Waals surface area contributed by atoms with Crippen molar-refractivity contribution in [2.24, 2.45) is 0 Å². The molecule has 4 rings (SSSR count). The van der Waals surface area contributed by atoms with Crippen LogP contribution in [0.2, 0.25) is 0 Å². The van der Waals surface area contributed by atoms with E-state index in [-0.39, 0.29) is 24.7 Å². The average molecular weight is 551 g/mol. The second kappa shape index (κ2) is 13.6. The van der Waals surface area contributed by atoms with Gasteiger partial charge in [-0.25, -0.2) is 0 Å². The van der Waals surface area contributed by atoms with Gasteiger partial charge in [0, 0.05) is 41.8 Å². The molecule has 0 bridgehead atoms. The zero-order chi connectivity index (χ0) is 27.8. The molecule has 1 saturated heterocycles. The molecule has 8 nitrogen and oxygen atoms in total. The number of hydrogen-bond donors (Lipinski definition) is 3. The van der Waals surface area contributed by atoms with Gasteiger partial charge in [-0.1, -0.05) is 60.7 Å². The number of benzene rings is 3. The lowest BCUT2D eigenvalue weighted by atomic mass is 10.0. The molecule has 1 aliphatic rings. The highest BCUT2D eigenvalue weighted by atomic mass is 32.2. The van der Waals surface area contributed by atoms with E-state index in [0.29, 0.717) is 18.7 Å². The van der Waals surface area contributed by atoms with Crippen molar-refractivity contribution in [1.82, 2.24) is 5.32 Å². The Bertz CT molecular complexity index is 1250. The van der Waals surface area contributed by atoms with Gasteiger partial charge in [0.15, 0.2) is 12.4 Å². The number of esters is 1. The molecule has 4 atom stereocenters. The molecular weight excluding hydrogens is 516 g/mol. The normalized spacial score (nSPS) is 19.7. The number of hydrogen-bond acceptors (Lipinski definition) is 8. The summed E-state index contributed by atoms with van der Waals surface area (Å²) in [7, 11) is 0. The number of carbonyl (C=O) groups excluding carboxylic acids is 2. The highest BCUT2D eigenvalue weighted by molar-refractivity contribution is 7.99. The van der Waals surface area contributed by atoms with E-state index in [9.17, 15) is 14.7 Å². The minimum absolute atomic E-state index is 0.00916. The fraction of sp³-hybridized carbons (Fsp3) is 0.333. The van der Waals surface area contributed by atoms with Crippen LogP contribution in [-0.2, 0) is 37.0 Å². The van der Waals surface area contributed by atoms with Gasteiger partial charge in [-0.15, -0.1) is 11.8 Å². The number of nitrogens with one attached hydrogen (secondary N) is 1. The van der Waals surface area contributed by atoms with Crippen molar-refractivity contribution >= 4 is 29.3 Å². The first-order valence-corrected chi connectivity index (χ1v) is 13.8. The summed E-state index contributed by atoms with van der Waals surface area (Å²) < 4.78 is 17.7. The Balaban J connectivity index is 1.45. The van der Waals surface area contributed by atoms with Gasteiger partial charge in [0.05, 0.1) is 18.8 Å². The largest absolute Gasteiger partial charge is 0.453 e. The van der Waals surface area contributed by atoms with Crippen molar-refractivity contribution in [2.75, 3.05) is 11.5 Å². The van der Waals surface area contributed by atoms with Gasteiger partial charge in [-0.3, -0.25) is 9.59 Å². The third kappa shape index (κ3) is 8.06. The van der Waals surface area contributed by atoms with Crippen molar-refractivity contribution in [3.63, 3.8) is 0 Å². The summed E-state index contributed by atoms with van der Waals surface area (Å²) in [6.45, 7) is 3.10. The number of para-hydroxylation sites is 1. The van der Waals surface area contributed by atoms with E-state index in [2.05, 4.69) is 5.32 Å². The topological polar surface area (TPSA) is 120 Å². The molecule has 0 radical (unpaired) electrons. The van der Waals surface area contributed by atoms with Gasteiger partial charge >= 0.3 is 5.97 Å². The van der Waals surface area contributed by atoms with Crippen LogP contribution in [0.1, 0.15) is 54.9 Å².